The van der Waals surface area contributed by atoms with Gasteiger partial charge in [0.1, 0.15) is 0 Å². The maximum absolute atomic E-state index is 13.9. The summed E-state index contributed by atoms with van der Waals surface area (Å²) in [5, 5.41) is 2.32. The molecule has 0 aliphatic rings. The van der Waals surface area contributed by atoms with Gasteiger partial charge in [-0.25, -0.2) is 4.98 Å². The molecule has 118 valence electrons. The van der Waals surface area contributed by atoms with E-state index in [4.69, 9.17) is 27.9 Å². The van der Waals surface area contributed by atoms with Gasteiger partial charge in [-0.3, -0.25) is 4.79 Å². The molecule has 0 aliphatic heterocycles. The largest absolute Gasteiger partial charge is 0.466 e. The number of nitrogens with zero attached hydrogens (tertiary/aromatic N) is 2. The zero-order valence-electron chi connectivity index (χ0n) is 12.3. The van der Waals surface area contributed by atoms with Crippen molar-refractivity contribution in [1.82, 2.24) is 9.97 Å². The third-order valence-corrected chi connectivity index (χ3v) is 3.24. The Balaban J connectivity index is 3.00. The van der Waals surface area contributed by atoms with Crippen LogP contribution < -0.4 is 5.32 Å². The lowest BCUT2D eigenvalue weighted by atomic mass is 9.84. The van der Waals surface area contributed by atoms with Gasteiger partial charge in [-0.15, -0.1) is 0 Å². The van der Waals surface area contributed by atoms with Crippen molar-refractivity contribution in [2.24, 2.45) is 5.41 Å². The zero-order valence-corrected chi connectivity index (χ0v) is 13.8. The number of rotatable bonds is 5. The zero-order chi connectivity index (χ0) is 16.2. The number of carbonyl (C=O) groups is 1. The van der Waals surface area contributed by atoms with Crippen LogP contribution in [0.25, 0.3) is 0 Å². The highest BCUT2D eigenvalue weighted by molar-refractivity contribution is 6.32. The Labute approximate surface area is 133 Å². The summed E-state index contributed by atoms with van der Waals surface area (Å²) < 4.78 is 18.8. The van der Waals surface area contributed by atoms with Gasteiger partial charge in [-0.05, 0) is 23.9 Å². The molecule has 1 heterocycles. The van der Waals surface area contributed by atoms with Crippen LogP contribution in [0, 0.1) is 11.2 Å². The summed E-state index contributed by atoms with van der Waals surface area (Å²) in [5.74, 6) is -1.32. The molecule has 0 fully saturated rings. The molecule has 1 atom stereocenters. The van der Waals surface area contributed by atoms with Crippen molar-refractivity contribution in [2.75, 3.05) is 11.9 Å². The maximum atomic E-state index is 13.9. The lowest BCUT2D eigenvalue weighted by Crippen LogP contribution is -2.37. The highest BCUT2D eigenvalue weighted by atomic mass is 35.5. The van der Waals surface area contributed by atoms with Crippen molar-refractivity contribution in [3.8, 4) is 0 Å². The van der Waals surface area contributed by atoms with Crippen LogP contribution in [0.15, 0.2) is 0 Å². The molecule has 0 bridgehead atoms. The van der Waals surface area contributed by atoms with Crippen LogP contribution in [0.2, 0.25) is 10.4 Å². The lowest BCUT2D eigenvalue weighted by Gasteiger charge is -2.31. The van der Waals surface area contributed by atoms with Crippen LogP contribution in [-0.2, 0) is 9.53 Å². The van der Waals surface area contributed by atoms with E-state index in [1.54, 1.807) is 6.92 Å². The molecule has 0 spiro atoms. The maximum Gasteiger partial charge on any atom is 0.307 e. The topological polar surface area (TPSA) is 64.1 Å². The number of carbonyl (C=O) groups excluding carboxylic acids is 1. The number of esters is 1. The molecule has 1 rings (SSSR count). The molecule has 0 aromatic carbocycles. The average Bonchev–Trinajstić information content (AvgIpc) is 2.33. The lowest BCUT2D eigenvalue weighted by molar-refractivity contribution is -0.143. The number of hydrogen-bond donors (Lipinski definition) is 1. The minimum absolute atomic E-state index is 0.0655. The van der Waals surface area contributed by atoms with Gasteiger partial charge < -0.3 is 10.1 Å². The number of anilines is 1. The van der Waals surface area contributed by atoms with Crippen molar-refractivity contribution < 1.29 is 13.9 Å². The molecule has 1 N–H and O–H groups in total. The van der Waals surface area contributed by atoms with Gasteiger partial charge in [0.05, 0.1) is 13.0 Å². The standard InChI is InChI=1S/C13H18Cl2FN3O2/c1-5-21-8(20)6-7(13(2,3)4)17-11-9(16)10(14)18-12(15)19-11/h7H,5-6H2,1-4H3,(H,17,18,19). The number of ether oxygens (including phenoxy) is 1. The van der Waals surface area contributed by atoms with E-state index in [1.807, 2.05) is 20.8 Å². The average molecular weight is 338 g/mol. The van der Waals surface area contributed by atoms with E-state index in [0.717, 1.165) is 0 Å². The molecule has 0 saturated carbocycles. The first kappa shape index (κ1) is 17.9. The quantitative estimate of drug-likeness (QED) is 0.504. The van der Waals surface area contributed by atoms with Gasteiger partial charge >= 0.3 is 5.97 Å². The van der Waals surface area contributed by atoms with Gasteiger partial charge in [-0.2, -0.15) is 9.37 Å². The highest BCUT2D eigenvalue weighted by Crippen LogP contribution is 2.28. The van der Waals surface area contributed by atoms with E-state index in [2.05, 4.69) is 15.3 Å². The minimum Gasteiger partial charge on any atom is -0.466 e. The van der Waals surface area contributed by atoms with E-state index in [-0.39, 0.29) is 40.7 Å². The Morgan fingerprint density at radius 2 is 2.00 bits per heavy atom. The first-order valence-corrected chi connectivity index (χ1v) is 7.21. The Bertz CT molecular complexity index is 521. The van der Waals surface area contributed by atoms with Gasteiger partial charge in [0.15, 0.2) is 11.0 Å². The molecular weight excluding hydrogens is 320 g/mol. The van der Waals surface area contributed by atoms with Crippen molar-refractivity contribution in [1.29, 1.82) is 0 Å². The van der Waals surface area contributed by atoms with Gasteiger partial charge in [0.2, 0.25) is 11.1 Å². The van der Waals surface area contributed by atoms with Crippen LogP contribution >= 0.6 is 23.2 Å². The van der Waals surface area contributed by atoms with E-state index in [1.165, 1.54) is 0 Å². The monoisotopic (exact) mass is 337 g/mol. The number of hydrogen-bond acceptors (Lipinski definition) is 5. The van der Waals surface area contributed by atoms with Crippen LogP contribution in [0.4, 0.5) is 10.2 Å². The molecule has 1 aromatic heterocycles. The summed E-state index contributed by atoms with van der Waals surface area (Å²) in [6.45, 7) is 7.74. The van der Waals surface area contributed by atoms with Crippen LogP contribution in [-0.4, -0.2) is 28.6 Å². The summed E-state index contributed by atoms with van der Waals surface area (Å²) in [4.78, 5) is 18.9. The summed E-state index contributed by atoms with van der Waals surface area (Å²) in [7, 11) is 0. The van der Waals surface area contributed by atoms with Crippen molar-refractivity contribution in [3.63, 3.8) is 0 Å². The highest BCUT2D eigenvalue weighted by Gasteiger charge is 2.29. The fourth-order valence-electron chi connectivity index (χ4n) is 1.62. The first-order chi connectivity index (χ1) is 9.65. The first-order valence-electron chi connectivity index (χ1n) is 6.45. The molecule has 21 heavy (non-hydrogen) atoms. The Morgan fingerprint density at radius 3 is 2.52 bits per heavy atom. The van der Waals surface area contributed by atoms with Crippen molar-refractivity contribution in [2.45, 2.75) is 40.2 Å². The smallest absolute Gasteiger partial charge is 0.307 e. The van der Waals surface area contributed by atoms with E-state index in [9.17, 15) is 9.18 Å². The third kappa shape index (κ3) is 5.28. The summed E-state index contributed by atoms with van der Waals surface area (Å²) >= 11 is 11.3. The molecule has 5 nitrogen and oxygen atoms in total. The number of halogens is 3. The Hall–Kier alpha value is -1.14. The predicted octanol–water partition coefficient (Wildman–Crippen LogP) is 3.70. The van der Waals surface area contributed by atoms with Gasteiger partial charge in [-0.1, -0.05) is 32.4 Å². The molecule has 8 heteroatoms. The van der Waals surface area contributed by atoms with Crippen molar-refractivity contribution in [3.05, 3.63) is 16.3 Å². The fraction of sp³-hybridized carbons (Fsp3) is 0.615. The van der Waals surface area contributed by atoms with Crippen LogP contribution in [0.5, 0.6) is 0 Å². The molecule has 0 amide bonds. The second-order valence-corrected chi connectivity index (χ2v) is 6.21. The fourth-order valence-corrected chi connectivity index (χ4v) is 2.00. The van der Waals surface area contributed by atoms with Crippen LogP contribution in [0.3, 0.4) is 0 Å². The number of aromatic nitrogens is 2. The van der Waals surface area contributed by atoms with E-state index < -0.39 is 11.9 Å². The third-order valence-electron chi connectivity index (χ3n) is 2.82. The Morgan fingerprint density at radius 1 is 1.38 bits per heavy atom. The SMILES string of the molecule is CCOC(=O)CC(Nc1nc(Cl)nc(Cl)c1F)C(C)(C)C. The van der Waals surface area contributed by atoms with Crippen LogP contribution in [0.1, 0.15) is 34.1 Å². The second-order valence-electron chi connectivity index (χ2n) is 5.52. The Kier molecular flexibility index (Phi) is 6.16. The van der Waals surface area contributed by atoms with Gasteiger partial charge in [0.25, 0.3) is 0 Å². The predicted molar refractivity (Wildman–Crippen MR) is 80.1 cm³/mol. The van der Waals surface area contributed by atoms with Gasteiger partial charge in [0, 0.05) is 6.04 Å². The normalized spacial score (nSPS) is 12.9. The molecule has 1 unspecified atom stereocenters. The molecule has 1 aromatic rings. The summed E-state index contributed by atoms with van der Waals surface area (Å²) in [6.07, 6.45) is 0.0655. The summed E-state index contributed by atoms with van der Waals surface area (Å²) in [6, 6.07) is -0.409. The summed E-state index contributed by atoms with van der Waals surface area (Å²) in [5.41, 5.74) is -0.344. The molecule has 0 saturated heterocycles. The molecular formula is C13H18Cl2FN3O2. The molecule has 0 radical (unpaired) electrons. The molecule has 0 aliphatic carbocycles. The second kappa shape index (κ2) is 7.22. The van der Waals surface area contributed by atoms with E-state index in [0.29, 0.717) is 0 Å². The minimum atomic E-state index is -0.806. The van der Waals surface area contributed by atoms with E-state index >= 15 is 0 Å². The number of nitrogens with one attached hydrogen (secondary N) is 1. The van der Waals surface area contributed by atoms with Crippen molar-refractivity contribution >= 4 is 35.0 Å².